The Labute approximate surface area is 137 Å². The van der Waals surface area contributed by atoms with E-state index in [0.717, 1.165) is 53.8 Å². The van der Waals surface area contributed by atoms with E-state index in [1.807, 2.05) is 13.8 Å². The van der Waals surface area contributed by atoms with Crippen molar-refractivity contribution < 1.29 is 14.6 Å². The number of hydrogen-bond acceptors (Lipinski definition) is 3. The molecular formula is C19H25NO3. The van der Waals surface area contributed by atoms with E-state index in [-0.39, 0.29) is 17.4 Å². The lowest BCUT2D eigenvalue weighted by Gasteiger charge is -2.55. The fourth-order valence-corrected chi connectivity index (χ4v) is 5.42. The monoisotopic (exact) mass is 315 g/mol. The van der Waals surface area contributed by atoms with Crippen LogP contribution in [0.2, 0.25) is 0 Å². The Morgan fingerprint density at radius 1 is 1.09 bits per heavy atom. The van der Waals surface area contributed by atoms with Gasteiger partial charge in [-0.2, -0.15) is 0 Å². The first-order chi connectivity index (χ1) is 10.9. The van der Waals surface area contributed by atoms with Gasteiger partial charge in [-0.05, 0) is 93.4 Å². The van der Waals surface area contributed by atoms with Gasteiger partial charge in [0.2, 0.25) is 0 Å². The zero-order chi connectivity index (χ0) is 16.2. The maximum Gasteiger partial charge on any atom is 0.412 e. The molecule has 4 aliphatic carbocycles. The Morgan fingerprint density at radius 3 is 2.22 bits per heavy atom. The molecule has 4 heteroatoms. The van der Waals surface area contributed by atoms with Crippen molar-refractivity contribution in [3.05, 3.63) is 23.3 Å². The lowest BCUT2D eigenvalue weighted by Crippen LogP contribution is -2.53. The number of aromatic hydroxyl groups is 1. The van der Waals surface area contributed by atoms with Crippen LogP contribution in [0.3, 0.4) is 0 Å². The summed E-state index contributed by atoms with van der Waals surface area (Å²) in [5.41, 5.74) is 2.09. The number of nitrogens with one attached hydrogen (secondary N) is 1. The second-order valence-electron chi connectivity index (χ2n) is 8.07. The number of benzene rings is 1. The molecule has 4 saturated carbocycles. The van der Waals surface area contributed by atoms with Crippen molar-refractivity contribution in [2.75, 3.05) is 5.32 Å². The molecule has 23 heavy (non-hydrogen) atoms. The number of amides is 1. The minimum absolute atomic E-state index is 0.224. The second kappa shape index (κ2) is 5.15. The highest BCUT2D eigenvalue weighted by Crippen LogP contribution is 2.57. The third-order valence-corrected chi connectivity index (χ3v) is 6.07. The predicted octanol–water partition coefficient (Wildman–Crippen LogP) is 4.53. The number of rotatable bonds is 2. The minimum Gasteiger partial charge on any atom is -0.508 e. The number of anilines is 1. The Kier molecular flexibility index (Phi) is 3.33. The second-order valence-corrected chi connectivity index (χ2v) is 8.07. The first-order valence-electron chi connectivity index (χ1n) is 8.73. The molecule has 0 aliphatic heterocycles. The molecule has 0 radical (unpaired) electrons. The summed E-state index contributed by atoms with van der Waals surface area (Å²) in [5, 5.41) is 12.6. The van der Waals surface area contributed by atoms with Gasteiger partial charge in [0.1, 0.15) is 11.4 Å². The van der Waals surface area contributed by atoms with Gasteiger partial charge in [-0.3, -0.25) is 5.32 Å². The summed E-state index contributed by atoms with van der Waals surface area (Å²) in [5.74, 6) is 2.52. The summed E-state index contributed by atoms with van der Waals surface area (Å²) in [6.07, 6.45) is 6.78. The third-order valence-electron chi connectivity index (χ3n) is 6.07. The molecule has 4 fully saturated rings. The molecule has 1 amide bonds. The fraction of sp³-hybridized carbons (Fsp3) is 0.632. The molecule has 0 aromatic heterocycles. The highest BCUT2D eigenvalue weighted by molar-refractivity contribution is 5.86. The Hall–Kier alpha value is -1.71. The lowest BCUT2D eigenvalue weighted by atomic mass is 9.54. The molecule has 0 heterocycles. The summed E-state index contributed by atoms with van der Waals surface area (Å²) in [6.45, 7) is 3.70. The van der Waals surface area contributed by atoms with E-state index in [9.17, 15) is 9.90 Å². The SMILES string of the molecule is Cc1cc(NC(=O)OC23CC4CC(CC(C4)C2)C3)c(C)cc1O. The average Bonchev–Trinajstić information content (AvgIpc) is 2.42. The number of aryl methyl sites for hydroxylation is 2. The number of phenols is 1. The molecule has 1 aromatic carbocycles. The summed E-state index contributed by atoms with van der Waals surface area (Å²) in [4.78, 5) is 12.4. The molecule has 0 spiro atoms. The van der Waals surface area contributed by atoms with Crippen molar-refractivity contribution in [2.45, 2.75) is 58.0 Å². The first kappa shape index (κ1) is 14.9. The molecule has 0 atom stereocenters. The van der Waals surface area contributed by atoms with E-state index < -0.39 is 0 Å². The number of carbonyl (C=O) groups is 1. The van der Waals surface area contributed by atoms with Gasteiger partial charge in [0.05, 0.1) is 0 Å². The van der Waals surface area contributed by atoms with Crippen LogP contribution in [0.15, 0.2) is 12.1 Å². The van der Waals surface area contributed by atoms with Gasteiger partial charge in [0, 0.05) is 5.69 Å². The van der Waals surface area contributed by atoms with Crippen molar-refractivity contribution in [2.24, 2.45) is 17.8 Å². The topological polar surface area (TPSA) is 58.6 Å². The van der Waals surface area contributed by atoms with E-state index in [1.54, 1.807) is 12.1 Å². The van der Waals surface area contributed by atoms with Crippen molar-refractivity contribution in [3.8, 4) is 5.75 Å². The summed E-state index contributed by atoms with van der Waals surface area (Å²) in [6, 6.07) is 3.47. The fourth-order valence-electron chi connectivity index (χ4n) is 5.42. The smallest absolute Gasteiger partial charge is 0.412 e. The molecule has 0 unspecified atom stereocenters. The van der Waals surface area contributed by atoms with Gasteiger partial charge in [0.15, 0.2) is 0 Å². The van der Waals surface area contributed by atoms with Crippen molar-refractivity contribution >= 4 is 11.8 Å². The molecule has 4 aliphatic rings. The average molecular weight is 315 g/mol. The number of phenolic OH excluding ortho intramolecular Hbond substituents is 1. The molecule has 0 saturated heterocycles. The van der Waals surface area contributed by atoms with Gasteiger partial charge in [-0.15, -0.1) is 0 Å². The van der Waals surface area contributed by atoms with Crippen LogP contribution in [0.5, 0.6) is 5.75 Å². The molecular weight excluding hydrogens is 290 g/mol. The maximum absolute atomic E-state index is 12.4. The highest BCUT2D eigenvalue weighted by atomic mass is 16.6. The quantitative estimate of drug-likeness (QED) is 0.789. The molecule has 5 rings (SSSR count). The van der Waals surface area contributed by atoms with Crippen LogP contribution < -0.4 is 5.32 Å². The van der Waals surface area contributed by atoms with E-state index in [2.05, 4.69) is 5.32 Å². The largest absolute Gasteiger partial charge is 0.508 e. The zero-order valence-electron chi connectivity index (χ0n) is 13.9. The lowest BCUT2D eigenvalue weighted by molar-refractivity contribution is -0.124. The molecule has 4 nitrogen and oxygen atoms in total. The van der Waals surface area contributed by atoms with Crippen LogP contribution in [-0.4, -0.2) is 16.8 Å². The first-order valence-corrected chi connectivity index (χ1v) is 8.73. The maximum atomic E-state index is 12.4. The van der Waals surface area contributed by atoms with Gasteiger partial charge in [-0.1, -0.05) is 0 Å². The third kappa shape index (κ3) is 2.68. The van der Waals surface area contributed by atoms with Crippen LogP contribution in [0.4, 0.5) is 10.5 Å². The Morgan fingerprint density at radius 2 is 1.65 bits per heavy atom. The summed E-state index contributed by atoms with van der Waals surface area (Å²) >= 11 is 0. The Balaban J connectivity index is 1.47. The van der Waals surface area contributed by atoms with Gasteiger partial charge in [-0.25, -0.2) is 4.79 Å². The van der Waals surface area contributed by atoms with E-state index in [4.69, 9.17) is 4.74 Å². The van der Waals surface area contributed by atoms with Crippen LogP contribution >= 0.6 is 0 Å². The number of hydrogen-bond donors (Lipinski definition) is 2. The van der Waals surface area contributed by atoms with Crippen LogP contribution in [0.1, 0.15) is 49.7 Å². The Bertz CT molecular complexity index is 617. The number of ether oxygens (including phenoxy) is 1. The number of carbonyl (C=O) groups excluding carboxylic acids is 1. The van der Waals surface area contributed by atoms with Gasteiger partial charge < -0.3 is 9.84 Å². The zero-order valence-corrected chi connectivity index (χ0v) is 13.9. The molecule has 4 bridgehead atoms. The van der Waals surface area contributed by atoms with Crippen LogP contribution in [0, 0.1) is 31.6 Å². The molecule has 2 N–H and O–H groups in total. The normalized spacial score (nSPS) is 34.4. The highest BCUT2D eigenvalue weighted by Gasteiger charge is 2.53. The summed E-state index contributed by atoms with van der Waals surface area (Å²) < 4.78 is 5.97. The predicted molar refractivity (Wildman–Crippen MR) is 88.6 cm³/mol. The van der Waals surface area contributed by atoms with Crippen LogP contribution in [0.25, 0.3) is 0 Å². The van der Waals surface area contributed by atoms with E-state index in [1.165, 1.54) is 19.3 Å². The van der Waals surface area contributed by atoms with Crippen molar-refractivity contribution in [3.63, 3.8) is 0 Å². The van der Waals surface area contributed by atoms with Crippen molar-refractivity contribution in [1.29, 1.82) is 0 Å². The summed E-state index contributed by atoms with van der Waals surface area (Å²) in [7, 11) is 0. The van der Waals surface area contributed by atoms with Gasteiger partial charge >= 0.3 is 6.09 Å². The van der Waals surface area contributed by atoms with E-state index in [0.29, 0.717) is 0 Å². The van der Waals surface area contributed by atoms with Crippen LogP contribution in [-0.2, 0) is 4.74 Å². The van der Waals surface area contributed by atoms with Gasteiger partial charge in [0.25, 0.3) is 0 Å². The van der Waals surface area contributed by atoms with Crippen molar-refractivity contribution in [1.82, 2.24) is 0 Å². The van der Waals surface area contributed by atoms with E-state index >= 15 is 0 Å². The standard InChI is InChI=1S/C19H25NO3/c1-11-4-17(21)12(2)3-16(11)20-18(22)23-19-8-13-5-14(9-19)7-15(6-13)10-19/h3-4,13-15,21H,5-10H2,1-2H3,(H,20,22). The molecule has 124 valence electrons. The minimum atomic E-state index is -0.347. The molecule has 1 aromatic rings.